The van der Waals surface area contributed by atoms with Crippen LogP contribution in [0.3, 0.4) is 0 Å². The second-order valence-corrected chi connectivity index (χ2v) is 2.68. The molecule has 0 heterocycles. The van der Waals surface area contributed by atoms with Crippen LogP contribution < -0.4 is 34.7 Å². The number of aliphatic carboxylic acids is 2. The topological polar surface area (TPSA) is 233 Å². The van der Waals surface area contributed by atoms with Crippen LogP contribution >= 0.6 is 0 Å². The summed E-state index contributed by atoms with van der Waals surface area (Å²) in [7, 11) is -3.13. The van der Waals surface area contributed by atoms with Crippen molar-refractivity contribution in [3.8, 4) is 0 Å². The van der Waals surface area contributed by atoms with Crippen molar-refractivity contribution in [1.82, 2.24) is 0 Å². The second kappa shape index (κ2) is 14.8. The summed E-state index contributed by atoms with van der Waals surface area (Å²) in [6.07, 6.45) is -6.62. The number of carboxylic acid groups (broad SMARTS) is 4. The number of aliphatic hydroxyl groups excluding tert-OH is 2. The Morgan fingerprint density at radius 2 is 1.00 bits per heavy atom. The Morgan fingerprint density at radius 3 is 1.05 bits per heavy atom. The van der Waals surface area contributed by atoms with Crippen molar-refractivity contribution in [1.29, 1.82) is 0 Å². The van der Waals surface area contributed by atoms with Gasteiger partial charge in [-0.05, 0) is 0 Å². The largest absolute Gasteiger partial charge is 1.00 e. The molecule has 0 aliphatic rings. The molecule has 2 atom stereocenters. The third kappa shape index (κ3) is 31.5. The summed E-state index contributed by atoms with van der Waals surface area (Å²) < 4.78 is 8.74. The van der Waals surface area contributed by atoms with E-state index in [2.05, 4.69) is 0 Å². The summed E-state index contributed by atoms with van der Waals surface area (Å²) in [6, 6.07) is 0. The SMILES string of the molecule is O=C(O)C(O)C(O)C(=O)O.O=C([O-])O.O=[Si](O)O.[Na+]. The Hall–Kier alpha value is -1.25. The van der Waals surface area contributed by atoms with Gasteiger partial charge in [0.25, 0.3) is 0 Å². The quantitative estimate of drug-likeness (QED) is 0.241. The fourth-order valence-electron chi connectivity index (χ4n) is 0.270. The molecule has 14 heteroatoms. The van der Waals surface area contributed by atoms with Crippen LogP contribution in [0.25, 0.3) is 0 Å². The van der Waals surface area contributed by atoms with Crippen LogP contribution in [-0.4, -0.2) is 74.6 Å². The van der Waals surface area contributed by atoms with Gasteiger partial charge in [-0.3, -0.25) is 4.46 Å². The first-order chi connectivity index (χ1) is 7.93. The van der Waals surface area contributed by atoms with E-state index in [-0.39, 0.29) is 29.6 Å². The molecule has 0 radical (unpaired) electrons. The molecule has 0 aromatic heterocycles. The summed E-state index contributed by atoms with van der Waals surface area (Å²) in [5.74, 6) is -3.54. The minimum absolute atomic E-state index is 0. The van der Waals surface area contributed by atoms with E-state index >= 15 is 0 Å². The van der Waals surface area contributed by atoms with E-state index in [1.54, 1.807) is 0 Å². The fraction of sp³-hybridized carbons (Fsp3) is 0.400. The number of hydrogen-bond acceptors (Lipinski definition) is 7. The van der Waals surface area contributed by atoms with E-state index in [1.807, 2.05) is 0 Å². The molecule has 0 saturated carbocycles. The van der Waals surface area contributed by atoms with Crippen molar-refractivity contribution in [2.24, 2.45) is 0 Å². The number of rotatable bonds is 3. The van der Waals surface area contributed by atoms with Crippen LogP contribution in [0.5, 0.6) is 0 Å². The van der Waals surface area contributed by atoms with Crippen LogP contribution in [0, 0.1) is 0 Å². The van der Waals surface area contributed by atoms with E-state index in [1.165, 1.54) is 0 Å². The molecule has 0 spiro atoms. The van der Waals surface area contributed by atoms with Crippen LogP contribution in [0.2, 0.25) is 0 Å². The fourth-order valence-corrected chi connectivity index (χ4v) is 0.270. The first-order valence-corrected chi connectivity index (χ1v) is 4.87. The molecule has 106 valence electrons. The second-order valence-electron chi connectivity index (χ2n) is 2.11. The van der Waals surface area contributed by atoms with Gasteiger partial charge in [0.1, 0.15) is 0 Å². The predicted octanol–water partition coefficient (Wildman–Crippen LogP) is -7.84. The van der Waals surface area contributed by atoms with E-state index in [9.17, 15) is 9.59 Å². The molecule has 0 aromatic rings. The van der Waals surface area contributed by atoms with E-state index in [4.69, 9.17) is 49.5 Å². The van der Waals surface area contributed by atoms with Crippen molar-refractivity contribution in [3.05, 3.63) is 0 Å². The predicted molar refractivity (Wildman–Crippen MR) is 46.2 cm³/mol. The Balaban J connectivity index is -0.000000105. The molecule has 0 rings (SSSR count). The van der Waals surface area contributed by atoms with Gasteiger partial charge in [-0.2, -0.15) is 0 Å². The Morgan fingerprint density at radius 1 is 0.895 bits per heavy atom. The van der Waals surface area contributed by atoms with Gasteiger partial charge in [0.15, 0.2) is 12.2 Å². The average molecular weight is 312 g/mol. The molecular weight excluding hydrogens is 303 g/mol. The standard InChI is InChI=1S/C4H6O6.CH2O3.Na.H2O3Si/c5-1(3(7)8)2(6)4(9)10;2-1(3)4;;1-4(2)3/h1-2,5-6H,(H,7,8)(H,9,10);(H2,2,3,4);;1-2H/q;;+1;/p-1. The first-order valence-electron chi connectivity index (χ1n) is 3.57. The number of hydrogen-bond donors (Lipinski definition) is 7. The zero-order valence-corrected chi connectivity index (χ0v) is 12.3. The molecule has 7 N–H and O–H groups in total. The van der Waals surface area contributed by atoms with Crippen molar-refractivity contribution < 1.29 is 88.6 Å². The summed E-state index contributed by atoms with van der Waals surface area (Å²) in [6.45, 7) is 0. The van der Waals surface area contributed by atoms with Gasteiger partial charge in [-0.15, -0.1) is 0 Å². The normalized spacial score (nSPS) is 10.8. The molecule has 0 aromatic carbocycles. The molecule has 12 nitrogen and oxygen atoms in total. The smallest absolute Gasteiger partial charge is 0.565 e. The van der Waals surface area contributed by atoms with E-state index in [0.717, 1.165) is 0 Å². The molecule has 0 bridgehead atoms. The van der Waals surface area contributed by atoms with Crippen molar-refractivity contribution in [2.75, 3.05) is 0 Å². The van der Waals surface area contributed by atoms with Gasteiger partial charge in [-0.1, -0.05) is 0 Å². The molecule has 0 fully saturated rings. The van der Waals surface area contributed by atoms with E-state index < -0.39 is 39.5 Å². The summed E-state index contributed by atoms with van der Waals surface area (Å²) >= 11 is 0. The van der Waals surface area contributed by atoms with Gasteiger partial charge in [0.05, 0.1) is 0 Å². The maximum Gasteiger partial charge on any atom is 1.00 e. The van der Waals surface area contributed by atoms with Gasteiger partial charge in [-0.25, -0.2) is 9.59 Å². The average Bonchev–Trinajstić information content (AvgIpc) is 2.13. The summed E-state index contributed by atoms with van der Waals surface area (Å²) in [4.78, 5) is 42.3. The molecule has 0 aliphatic carbocycles. The zero-order chi connectivity index (χ0) is 15.5. The maximum atomic E-state index is 9.77. The minimum atomic E-state index is -3.13. The molecular formula is C5H9NaO12Si. The molecule has 0 aliphatic heterocycles. The summed E-state index contributed by atoms with van der Waals surface area (Å²) in [5, 5.41) is 47.8. The van der Waals surface area contributed by atoms with Crippen molar-refractivity contribution in [3.63, 3.8) is 0 Å². The zero-order valence-electron chi connectivity index (χ0n) is 9.33. The minimum Gasteiger partial charge on any atom is -0.565 e. The van der Waals surface area contributed by atoms with Crippen molar-refractivity contribution >= 4 is 27.3 Å². The van der Waals surface area contributed by atoms with Crippen LogP contribution in [0.4, 0.5) is 4.79 Å². The van der Waals surface area contributed by atoms with E-state index in [0.29, 0.717) is 0 Å². The van der Waals surface area contributed by atoms with Gasteiger partial charge < -0.3 is 45.0 Å². The molecule has 0 amide bonds. The Kier molecular flexibility index (Phi) is 20.5. The van der Waals surface area contributed by atoms with Crippen LogP contribution in [0.1, 0.15) is 0 Å². The molecule has 0 saturated heterocycles. The van der Waals surface area contributed by atoms with Crippen LogP contribution in [0.15, 0.2) is 0 Å². The van der Waals surface area contributed by atoms with Gasteiger partial charge in [0.2, 0.25) is 6.16 Å². The third-order valence-electron chi connectivity index (χ3n) is 0.805. The maximum absolute atomic E-state index is 9.77. The van der Waals surface area contributed by atoms with Gasteiger partial charge >= 0.3 is 50.7 Å². The first kappa shape index (κ1) is 26.3. The van der Waals surface area contributed by atoms with Crippen molar-refractivity contribution in [2.45, 2.75) is 12.2 Å². The third-order valence-corrected chi connectivity index (χ3v) is 0.805. The molecule has 19 heavy (non-hydrogen) atoms. The Bertz CT molecular complexity index is 266. The van der Waals surface area contributed by atoms with Gasteiger partial charge in [0, 0.05) is 0 Å². The Labute approximate surface area is 128 Å². The monoisotopic (exact) mass is 312 g/mol. The van der Waals surface area contributed by atoms with Crippen LogP contribution in [-0.2, 0) is 14.1 Å². The molecule has 2 unspecified atom stereocenters. The summed E-state index contributed by atoms with van der Waals surface area (Å²) in [5.41, 5.74) is 0. The number of aliphatic hydroxyl groups is 2. The number of carboxylic acids is 2. The number of carbonyl (C=O) groups is 3.